The summed E-state index contributed by atoms with van der Waals surface area (Å²) in [5.74, 6) is -0.495. The molecule has 0 heterocycles. The van der Waals surface area contributed by atoms with Crippen molar-refractivity contribution in [2.45, 2.75) is 25.2 Å². The average molecular weight is 326 g/mol. The van der Waals surface area contributed by atoms with Gasteiger partial charge in [-0.3, -0.25) is 9.59 Å². The third-order valence-electron chi connectivity index (χ3n) is 3.28. The van der Waals surface area contributed by atoms with E-state index in [1.165, 1.54) is 0 Å². The summed E-state index contributed by atoms with van der Waals surface area (Å²) in [6.07, 6.45) is 1.65. The van der Waals surface area contributed by atoms with Crippen molar-refractivity contribution < 1.29 is 14.3 Å². The van der Waals surface area contributed by atoms with E-state index >= 15 is 0 Å². The van der Waals surface area contributed by atoms with E-state index in [9.17, 15) is 9.59 Å². The molecule has 0 bridgehead atoms. The molecule has 5 heteroatoms. The first kappa shape index (κ1) is 14.1. The van der Waals surface area contributed by atoms with Gasteiger partial charge in [0.2, 0.25) is 5.91 Å². The Labute approximate surface area is 120 Å². The van der Waals surface area contributed by atoms with Gasteiger partial charge in [-0.2, -0.15) is 0 Å². The minimum atomic E-state index is -0.451. The van der Waals surface area contributed by atoms with E-state index in [0.29, 0.717) is 6.61 Å². The van der Waals surface area contributed by atoms with Crippen LogP contribution >= 0.6 is 15.9 Å². The molecule has 0 aromatic heterocycles. The molecule has 19 heavy (non-hydrogen) atoms. The zero-order valence-corrected chi connectivity index (χ0v) is 12.3. The molecule has 0 aliphatic heterocycles. The zero-order valence-electron chi connectivity index (χ0n) is 10.7. The fourth-order valence-corrected chi connectivity index (χ4v) is 2.34. The van der Waals surface area contributed by atoms with Crippen LogP contribution in [0, 0.1) is 0 Å². The fourth-order valence-electron chi connectivity index (χ4n) is 2.07. The molecule has 0 atom stereocenters. The van der Waals surface area contributed by atoms with E-state index < -0.39 is 11.4 Å². The number of benzene rings is 1. The van der Waals surface area contributed by atoms with Crippen LogP contribution in [0.1, 0.15) is 25.3 Å². The number of amides is 1. The topological polar surface area (TPSA) is 55.4 Å². The highest BCUT2D eigenvalue weighted by Gasteiger charge is 2.51. The maximum Gasteiger partial charge on any atom is 0.325 e. The number of carbonyl (C=O) groups excluding carboxylic acids is 2. The number of hydrogen-bond donors (Lipinski definition) is 1. The van der Waals surface area contributed by atoms with Crippen molar-refractivity contribution >= 4 is 27.8 Å². The number of esters is 1. The Morgan fingerprint density at radius 2 is 1.95 bits per heavy atom. The van der Waals surface area contributed by atoms with Gasteiger partial charge >= 0.3 is 5.97 Å². The summed E-state index contributed by atoms with van der Waals surface area (Å²) in [5, 5.41) is 2.66. The molecule has 1 amide bonds. The SMILES string of the molecule is CCOC(=O)CNC(=O)C1(c2ccc(Br)cc2)CC1. The van der Waals surface area contributed by atoms with E-state index in [-0.39, 0.29) is 12.5 Å². The lowest BCUT2D eigenvalue weighted by molar-refractivity contribution is -0.143. The van der Waals surface area contributed by atoms with E-state index in [0.717, 1.165) is 22.9 Å². The van der Waals surface area contributed by atoms with Crippen LogP contribution in [0.25, 0.3) is 0 Å². The van der Waals surface area contributed by atoms with Crippen LogP contribution in [0.5, 0.6) is 0 Å². The Morgan fingerprint density at radius 1 is 1.32 bits per heavy atom. The molecule has 1 aromatic rings. The van der Waals surface area contributed by atoms with Crippen molar-refractivity contribution in [3.8, 4) is 0 Å². The minimum Gasteiger partial charge on any atom is -0.465 e. The van der Waals surface area contributed by atoms with Gasteiger partial charge in [0, 0.05) is 4.47 Å². The highest BCUT2D eigenvalue weighted by atomic mass is 79.9. The van der Waals surface area contributed by atoms with Crippen molar-refractivity contribution in [3.05, 3.63) is 34.3 Å². The molecular formula is C14H16BrNO3. The second-order valence-corrected chi connectivity index (χ2v) is 5.49. The molecule has 2 rings (SSSR count). The minimum absolute atomic E-state index is 0.0645. The molecule has 1 aliphatic carbocycles. The van der Waals surface area contributed by atoms with Crippen molar-refractivity contribution in [3.63, 3.8) is 0 Å². The number of ether oxygens (including phenoxy) is 1. The first-order valence-electron chi connectivity index (χ1n) is 6.28. The van der Waals surface area contributed by atoms with Gasteiger partial charge in [0.15, 0.2) is 0 Å². The van der Waals surface area contributed by atoms with E-state index in [2.05, 4.69) is 21.2 Å². The highest BCUT2D eigenvalue weighted by molar-refractivity contribution is 9.10. The van der Waals surface area contributed by atoms with Crippen molar-refractivity contribution in [2.75, 3.05) is 13.2 Å². The predicted octanol–water partition coefficient (Wildman–Crippen LogP) is 2.16. The number of nitrogens with one attached hydrogen (secondary N) is 1. The van der Waals surface area contributed by atoms with Gasteiger partial charge in [-0.25, -0.2) is 0 Å². The molecular weight excluding hydrogens is 310 g/mol. The van der Waals surface area contributed by atoms with Crippen LogP contribution < -0.4 is 5.32 Å². The van der Waals surface area contributed by atoms with Gasteiger partial charge in [-0.05, 0) is 37.5 Å². The molecule has 102 valence electrons. The second-order valence-electron chi connectivity index (χ2n) is 4.58. The van der Waals surface area contributed by atoms with Gasteiger partial charge in [-0.15, -0.1) is 0 Å². The van der Waals surface area contributed by atoms with Gasteiger partial charge < -0.3 is 10.1 Å². The third-order valence-corrected chi connectivity index (χ3v) is 3.81. The summed E-state index contributed by atoms with van der Waals surface area (Å²) in [6.45, 7) is 2.00. The lowest BCUT2D eigenvalue weighted by atomic mass is 9.95. The summed E-state index contributed by atoms with van der Waals surface area (Å²) in [6, 6.07) is 7.74. The number of carbonyl (C=O) groups is 2. The molecule has 0 unspecified atom stereocenters. The molecule has 0 saturated heterocycles. The Hall–Kier alpha value is -1.36. The largest absolute Gasteiger partial charge is 0.465 e. The summed E-state index contributed by atoms with van der Waals surface area (Å²) >= 11 is 3.37. The van der Waals surface area contributed by atoms with Crippen molar-refractivity contribution in [2.24, 2.45) is 0 Å². The molecule has 1 saturated carbocycles. The lowest BCUT2D eigenvalue weighted by Crippen LogP contribution is -2.38. The normalized spacial score (nSPS) is 15.7. The van der Waals surface area contributed by atoms with Crippen LogP contribution in [0.3, 0.4) is 0 Å². The summed E-state index contributed by atoms with van der Waals surface area (Å²) in [7, 11) is 0. The molecule has 1 aromatic carbocycles. The predicted molar refractivity (Wildman–Crippen MR) is 74.7 cm³/mol. The first-order chi connectivity index (χ1) is 9.08. The van der Waals surface area contributed by atoms with Crippen molar-refractivity contribution in [1.29, 1.82) is 0 Å². The molecule has 1 aliphatic rings. The number of rotatable bonds is 5. The highest BCUT2D eigenvalue weighted by Crippen LogP contribution is 2.48. The molecule has 1 N–H and O–H groups in total. The fraction of sp³-hybridized carbons (Fsp3) is 0.429. The monoisotopic (exact) mass is 325 g/mol. The zero-order chi connectivity index (χ0) is 13.9. The van der Waals surface area contributed by atoms with Gasteiger partial charge in [-0.1, -0.05) is 28.1 Å². The summed E-state index contributed by atoms with van der Waals surface area (Å²) < 4.78 is 5.77. The number of halogens is 1. The molecule has 0 spiro atoms. The smallest absolute Gasteiger partial charge is 0.325 e. The van der Waals surface area contributed by atoms with Crippen molar-refractivity contribution in [1.82, 2.24) is 5.32 Å². The maximum absolute atomic E-state index is 12.2. The Balaban J connectivity index is 1.98. The van der Waals surface area contributed by atoms with E-state index in [4.69, 9.17) is 4.74 Å². The van der Waals surface area contributed by atoms with Crippen LogP contribution in [-0.4, -0.2) is 25.0 Å². The first-order valence-corrected chi connectivity index (χ1v) is 7.08. The van der Waals surface area contributed by atoms with Gasteiger partial charge in [0.25, 0.3) is 0 Å². The quantitative estimate of drug-likeness (QED) is 0.844. The van der Waals surface area contributed by atoms with Crippen LogP contribution in [0.2, 0.25) is 0 Å². The standard InChI is InChI=1S/C14H16BrNO3/c1-2-19-12(17)9-16-13(18)14(7-8-14)10-3-5-11(15)6-4-10/h3-6H,2,7-9H2,1H3,(H,16,18). The maximum atomic E-state index is 12.2. The third kappa shape index (κ3) is 3.15. The molecule has 0 radical (unpaired) electrons. The van der Waals surface area contributed by atoms with E-state index in [1.807, 2.05) is 24.3 Å². The van der Waals surface area contributed by atoms with E-state index in [1.54, 1.807) is 6.92 Å². The lowest BCUT2D eigenvalue weighted by Gasteiger charge is -2.15. The van der Waals surface area contributed by atoms with Crippen LogP contribution in [0.15, 0.2) is 28.7 Å². The number of hydrogen-bond acceptors (Lipinski definition) is 3. The van der Waals surface area contributed by atoms with Crippen LogP contribution in [-0.2, 0) is 19.7 Å². The van der Waals surface area contributed by atoms with Crippen LogP contribution in [0.4, 0.5) is 0 Å². The Kier molecular flexibility index (Phi) is 4.24. The average Bonchev–Trinajstić information content (AvgIpc) is 3.19. The van der Waals surface area contributed by atoms with Gasteiger partial charge in [0.1, 0.15) is 6.54 Å². The summed E-state index contributed by atoms with van der Waals surface area (Å²) in [4.78, 5) is 23.4. The molecule has 4 nitrogen and oxygen atoms in total. The second kappa shape index (κ2) is 5.74. The molecule has 1 fully saturated rings. The Morgan fingerprint density at radius 3 is 2.47 bits per heavy atom. The summed E-state index contributed by atoms with van der Waals surface area (Å²) in [5.41, 5.74) is 0.546. The van der Waals surface area contributed by atoms with Gasteiger partial charge in [0.05, 0.1) is 12.0 Å². The Bertz CT molecular complexity index is 480.